The van der Waals surface area contributed by atoms with E-state index in [0.717, 1.165) is 41.8 Å². The van der Waals surface area contributed by atoms with E-state index in [-0.39, 0.29) is 12.5 Å². The number of carbonyl (C=O) groups excluding carboxylic acids is 1. The molecule has 152 valence electrons. The van der Waals surface area contributed by atoms with Gasteiger partial charge in [-0.05, 0) is 29.2 Å². The number of aliphatic hydroxyl groups excluding tert-OH is 1. The standard InChI is InChI=1S/C22H25ClN4O2/c1-2-3-8-20-25-19(14-28)21(23)27(20)13-15-9-11-16(12-10-15)17-6-4-5-7-18(17)22(29)26-24/h4-7,9-12,28H,2-3,8,13-14,24H2,1H3,(H,26,29). The van der Waals surface area contributed by atoms with Crippen LogP contribution < -0.4 is 11.3 Å². The summed E-state index contributed by atoms with van der Waals surface area (Å²) in [7, 11) is 0. The van der Waals surface area contributed by atoms with Gasteiger partial charge in [-0.2, -0.15) is 0 Å². The monoisotopic (exact) mass is 412 g/mol. The average molecular weight is 413 g/mol. The van der Waals surface area contributed by atoms with Gasteiger partial charge < -0.3 is 9.67 Å². The molecule has 0 aliphatic carbocycles. The Bertz CT molecular complexity index is 983. The number of nitrogens with zero attached hydrogens (tertiary/aromatic N) is 2. The van der Waals surface area contributed by atoms with Gasteiger partial charge in [0, 0.05) is 12.0 Å². The highest BCUT2D eigenvalue weighted by Crippen LogP contribution is 2.26. The molecule has 1 amide bonds. The summed E-state index contributed by atoms with van der Waals surface area (Å²) in [5.41, 5.74) is 6.01. The maximum absolute atomic E-state index is 12.0. The third-order valence-corrected chi connectivity index (χ3v) is 5.28. The number of imidazole rings is 1. The Labute approximate surface area is 175 Å². The summed E-state index contributed by atoms with van der Waals surface area (Å²) in [6.45, 7) is 2.52. The molecule has 1 heterocycles. The molecule has 0 atom stereocenters. The smallest absolute Gasteiger partial charge is 0.265 e. The fourth-order valence-corrected chi connectivity index (χ4v) is 3.56. The number of hydrazine groups is 1. The van der Waals surface area contributed by atoms with E-state index in [1.165, 1.54) is 0 Å². The van der Waals surface area contributed by atoms with E-state index < -0.39 is 0 Å². The number of benzene rings is 2. The topological polar surface area (TPSA) is 93.2 Å². The zero-order chi connectivity index (χ0) is 20.8. The van der Waals surface area contributed by atoms with Crippen molar-refractivity contribution in [2.75, 3.05) is 0 Å². The molecule has 0 unspecified atom stereocenters. The summed E-state index contributed by atoms with van der Waals surface area (Å²) in [4.78, 5) is 16.5. The molecular weight excluding hydrogens is 388 g/mol. The second-order valence-corrected chi connectivity index (χ2v) is 7.19. The molecule has 0 aliphatic heterocycles. The molecule has 0 fully saturated rings. The van der Waals surface area contributed by atoms with E-state index in [0.29, 0.717) is 23.0 Å². The van der Waals surface area contributed by atoms with Crippen LogP contribution in [0.1, 0.15) is 47.2 Å². The van der Waals surface area contributed by atoms with Crippen LogP contribution in [0.2, 0.25) is 5.15 Å². The van der Waals surface area contributed by atoms with Crippen LogP contribution in [0.15, 0.2) is 48.5 Å². The van der Waals surface area contributed by atoms with Gasteiger partial charge in [-0.1, -0.05) is 67.4 Å². The molecule has 29 heavy (non-hydrogen) atoms. The Hall–Kier alpha value is -2.67. The second-order valence-electron chi connectivity index (χ2n) is 6.83. The second kappa shape index (κ2) is 9.69. The Morgan fingerprint density at radius 1 is 1.21 bits per heavy atom. The van der Waals surface area contributed by atoms with E-state index >= 15 is 0 Å². The highest BCUT2D eigenvalue weighted by molar-refractivity contribution is 6.30. The molecule has 0 aliphatic rings. The largest absolute Gasteiger partial charge is 0.390 e. The van der Waals surface area contributed by atoms with Gasteiger partial charge in [0.05, 0.1) is 13.2 Å². The normalized spacial score (nSPS) is 10.9. The minimum Gasteiger partial charge on any atom is -0.390 e. The van der Waals surface area contributed by atoms with Gasteiger partial charge in [0.15, 0.2) is 0 Å². The number of nitrogen functional groups attached to an aromatic ring is 1. The van der Waals surface area contributed by atoms with Crippen molar-refractivity contribution in [3.8, 4) is 11.1 Å². The number of nitrogens with one attached hydrogen (secondary N) is 1. The number of aromatic nitrogens is 2. The number of aryl methyl sites for hydroxylation is 1. The zero-order valence-corrected chi connectivity index (χ0v) is 17.1. The summed E-state index contributed by atoms with van der Waals surface area (Å²) in [6.07, 6.45) is 2.89. The van der Waals surface area contributed by atoms with Crippen LogP contribution in [0.5, 0.6) is 0 Å². The summed E-state index contributed by atoms with van der Waals surface area (Å²) in [6, 6.07) is 15.3. The number of carbonyl (C=O) groups is 1. The first-order valence-corrected chi connectivity index (χ1v) is 10.0. The van der Waals surface area contributed by atoms with Gasteiger partial charge in [-0.3, -0.25) is 10.2 Å². The lowest BCUT2D eigenvalue weighted by Crippen LogP contribution is -2.30. The van der Waals surface area contributed by atoms with Crippen molar-refractivity contribution >= 4 is 17.5 Å². The van der Waals surface area contributed by atoms with E-state index in [1.807, 2.05) is 41.0 Å². The molecule has 7 heteroatoms. The molecule has 2 aromatic carbocycles. The van der Waals surface area contributed by atoms with Crippen molar-refractivity contribution < 1.29 is 9.90 Å². The number of hydrogen-bond donors (Lipinski definition) is 3. The Kier molecular flexibility index (Phi) is 7.04. The maximum Gasteiger partial charge on any atom is 0.265 e. The molecule has 3 rings (SSSR count). The Morgan fingerprint density at radius 2 is 1.93 bits per heavy atom. The number of hydrogen-bond acceptors (Lipinski definition) is 4. The number of nitrogens with two attached hydrogens (primary N) is 1. The zero-order valence-electron chi connectivity index (χ0n) is 16.4. The van der Waals surface area contributed by atoms with Crippen LogP contribution >= 0.6 is 11.6 Å². The van der Waals surface area contributed by atoms with E-state index in [9.17, 15) is 9.90 Å². The SMILES string of the molecule is CCCCc1nc(CO)c(Cl)n1Cc1ccc(-c2ccccc2C(=O)NN)cc1. The van der Waals surface area contributed by atoms with Crippen LogP contribution in [-0.4, -0.2) is 20.6 Å². The molecule has 3 aromatic rings. The molecule has 0 saturated carbocycles. The summed E-state index contributed by atoms with van der Waals surface area (Å²) in [5.74, 6) is 5.86. The first-order chi connectivity index (χ1) is 14.1. The lowest BCUT2D eigenvalue weighted by molar-refractivity contribution is 0.0954. The van der Waals surface area contributed by atoms with Gasteiger partial charge in [-0.25, -0.2) is 10.8 Å². The third-order valence-electron chi connectivity index (χ3n) is 4.86. The number of rotatable bonds is 8. The van der Waals surface area contributed by atoms with Crippen LogP contribution in [0.25, 0.3) is 11.1 Å². The minimum atomic E-state index is -0.327. The number of unbranched alkanes of at least 4 members (excludes halogenated alkanes) is 1. The average Bonchev–Trinajstić information content (AvgIpc) is 3.06. The van der Waals surface area contributed by atoms with Gasteiger partial charge in [0.1, 0.15) is 16.7 Å². The van der Waals surface area contributed by atoms with Crippen molar-refractivity contribution in [2.24, 2.45) is 5.84 Å². The van der Waals surface area contributed by atoms with Gasteiger partial charge in [0.25, 0.3) is 5.91 Å². The number of amides is 1. The summed E-state index contributed by atoms with van der Waals surface area (Å²) < 4.78 is 1.95. The van der Waals surface area contributed by atoms with Crippen molar-refractivity contribution in [1.29, 1.82) is 0 Å². The minimum absolute atomic E-state index is 0.177. The Morgan fingerprint density at radius 3 is 2.59 bits per heavy atom. The first-order valence-electron chi connectivity index (χ1n) is 9.63. The number of halogens is 1. The molecule has 0 radical (unpaired) electrons. The van der Waals surface area contributed by atoms with Gasteiger partial charge >= 0.3 is 0 Å². The predicted octanol–water partition coefficient (Wildman–Crippen LogP) is 3.69. The fraction of sp³-hybridized carbons (Fsp3) is 0.273. The van der Waals surface area contributed by atoms with Gasteiger partial charge in [-0.15, -0.1) is 0 Å². The van der Waals surface area contributed by atoms with E-state index in [4.69, 9.17) is 17.4 Å². The lowest BCUT2D eigenvalue weighted by Gasteiger charge is -2.11. The van der Waals surface area contributed by atoms with Crippen LogP contribution in [0, 0.1) is 0 Å². The van der Waals surface area contributed by atoms with Crippen molar-refractivity contribution in [1.82, 2.24) is 15.0 Å². The molecule has 0 spiro atoms. The highest BCUT2D eigenvalue weighted by Gasteiger charge is 2.15. The van der Waals surface area contributed by atoms with Gasteiger partial charge in [0.2, 0.25) is 0 Å². The maximum atomic E-state index is 12.0. The van der Waals surface area contributed by atoms with Crippen molar-refractivity contribution in [3.05, 3.63) is 76.3 Å². The summed E-state index contributed by atoms with van der Waals surface area (Å²) in [5, 5.41) is 9.98. The van der Waals surface area contributed by atoms with E-state index in [1.54, 1.807) is 12.1 Å². The van der Waals surface area contributed by atoms with Crippen molar-refractivity contribution in [2.45, 2.75) is 39.3 Å². The Balaban J connectivity index is 1.88. The van der Waals surface area contributed by atoms with Crippen molar-refractivity contribution in [3.63, 3.8) is 0 Å². The predicted molar refractivity (Wildman–Crippen MR) is 114 cm³/mol. The van der Waals surface area contributed by atoms with Crippen LogP contribution in [0.3, 0.4) is 0 Å². The molecule has 6 nitrogen and oxygen atoms in total. The highest BCUT2D eigenvalue weighted by atomic mass is 35.5. The first kappa shape index (κ1) is 21.0. The van der Waals surface area contributed by atoms with Crippen LogP contribution in [0.4, 0.5) is 0 Å². The summed E-state index contributed by atoms with van der Waals surface area (Å²) >= 11 is 6.44. The number of aliphatic hydroxyl groups is 1. The molecule has 0 saturated heterocycles. The molecule has 4 N–H and O–H groups in total. The third kappa shape index (κ3) is 4.67. The molecule has 1 aromatic heterocycles. The fourth-order valence-electron chi connectivity index (χ4n) is 3.30. The molecule has 0 bridgehead atoms. The lowest BCUT2D eigenvalue weighted by atomic mass is 9.98. The molecular formula is C22H25ClN4O2. The van der Waals surface area contributed by atoms with Crippen LogP contribution in [-0.2, 0) is 19.6 Å². The van der Waals surface area contributed by atoms with E-state index in [2.05, 4.69) is 17.3 Å². The quantitative estimate of drug-likeness (QED) is 0.299.